The fourth-order valence-corrected chi connectivity index (χ4v) is 0. The molecular formula is O8S2Zr2+4. The molecule has 0 heterocycles. The van der Waals surface area contributed by atoms with Gasteiger partial charge in [-0.25, -0.2) is 0 Å². The summed E-state index contributed by atoms with van der Waals surface area (Å²) in [6.45, 7) is 0. The van der Waals surface area contributed by atoms with Crippen molar-refractivity contribution in [3.8, 4) is 0 Å². The molecule has 0 aliphatic carbocycles. The molecule has 0 aromatic rings. The molecule has 8 nitrogen and oxygen atoms in total. The van der Waals surface area contributed by atoms with Gasteiger partial charge in [0.05, 0.1) is 0 Å². The molecule has 0 aliphatic heterocycles. The van der Waals surface area contributed by atoms with Crippen LogP contribution in [0.3, 0.4) is 0 Å². The van der Waals surface area contributed by atoms with E-state index in [0.717, 1.165) is 0 Å². The first-order valence-electron chi connectivity index (χ1n) is 1.33. The van der Waals surface area contributed by atoms with Crippen molar-refractivity contribution in [1.29, 1.82) is 0 Å². The zero-order chi connectivity index (χ0) is 9.00. The van der Waals surface area contributed by atoms with Gasteiger partial charge in [-0.1, -0.05) is 0 Å². The third kappa shape index (κ3) is 560. The van der Waals surface area contributed by atoms with Gasteiger partial charge in [0.1, 0.15) is 0 Å². The Hall–Kier alpha value is 1.51. The summed E-state index contributed by atoms with van der Waals surface area (Å²) in [6, 6.07) is 0. The second kappa shape index (κ2) is 9.08. The molecular weight excluding hydrogens is 375 g/mol. The molecule has 0 unspecified atom stereocenters. The van der Waals surface area contributed by atoms with Gasteiger partial charge in [-0.3, -0.25) is 16.8 Å². The molecule has 0 amide bonds. The monoisotopic (exact) mass is 372 g/mol. The zero-order valence-electron chi connectivity index (χ0n) is 5.08. The molecule has 0 aromatic carbocycles. The third-order valence-corrected chi connectivity index (χ3v) is 0. The van der Waals surface area contributed by atoms with Crippen molar-refractivity contribution in [2.75, 3.05) is 0 Å². The van der Waals surface area contributed by atoms with Gasteiger partial charge >= 0.3 is 52.4 Å². The maximum atomic E-state index is 8.52. The Labute approximate surface area is 107 Å². The van der Waals surface area contributed by atoms with Crippen molar-refractivity contribution in [1.82, 2.24) is 0 Å². The van der Waals surface area contributed by atoms with E-state index in [-0.39, 0.29) is 52.4 Å². The standard InChI is InChI=1S/2H2O4S.2Zr/c2*1-5(2,3)4;;/h2*(H2,1,2,3,4);;/q;;2*+4/p-4. The van der Waals surface area contributed by atoms with Gasteiger partial charge < -0.3 is 18.2 Å². The summed E-state index contributed by atoms with van der Waals surface area (Å²) < 4.78 is 68.2. The first-order valence-corrected chi connectivity index (χ1v) is 4.00. The van der Waals surface area contributed by atoms with Crippen LogP contribution < -0.4 is 0 Å². The second-order valence-corrected chi connectivity index (χ2v) is 2.45. The minimum Gasteiger partial charge on any atom is -0.759 e. The second-order valence-electron chi connectivity index (χ2n) is 0.816. The summed E-state index contributed by atoms with van der Waals surface area (Å²) in [5.74, 6) is 0. The fraction of sp³-hybridized carbons (Fsp3) is 0. The van der Waals surface area contributed by atoms with Crippen molar-refractivity contribution < 1.29 is 87.5 Å². The van der Waals surface area contributed by atoms with Crippen LogP contribution in [0.4, 0.5) is 0 Å². The number of rotatable bonds is 0. The Morgan fingerprint density at radius 1 is 0.583 bits per heavy atom. The van der Waals surface area contributed by atoms with Crippen molar-refractivity contribution in [3.63, 3.8) is 0 Å². The SMILES string of the molecule is O=S(=O)([O-])[O-].O=S(=O)([O-])[O-].[Zr+4].[Zr+4]. The van der Waals surface area contributed by atoms with Crippen LogP contribution in [0, 0.1) is 0 Å². The van der Waals surface area contributed by atoms with Crippen LogP contribution >= 0.6 is 0 Å². The molecule has 0 saturated heterocycles. The summed E-state index contributed by atoms with van der Waals surface area (Å²) >= 11 is 0. The van der Waals surface area contributed by atoms with Gasteiger partial charge in [0.25, 0.3) is 0 Å². The normalized spacial score (nSPS) is 9.67. The molecule has 0 aliphatic rings. The molecule has 0 spiro atoms. The maximum absolute atomic E-state index is 8.52. The summed E-state index contributed by atoms with van der Waals surface area (Å²) in [5, 5.41) is 0. The van der Waals surface area contributed by atoms with E-state index in [0.29, 0.717) is 0 Å². The van der Waals surface area contributed by atoms with Crippen LogP contribution in [-0.4, -0.2) is 35.0 Å². The van der Waals surface area contributed by atoms with Crippen LogP contribution in [0.15, 0.2) is 0 Å². The average molecular weight is 375 g/mol. The quantitative estimate of drug-likeness (QED) is 0.327. The van der Waals surface area contributed by atoms with Gasteiger partial charge in [0.15, 0.2) is 0 Å². The smallest absolute Gasteiger partial charge is 0.759 e. The Balaban J connectivity index is -0.0000000457. The van der Waals surface area contributed by atoms with Crippen molar-refractivity contribution in [3.05, 3.63) is 0 Å². The van der Waals surface area contributed by atoms with Crippen LogP contribution in [-0.2, 0) is 73.2 Å². The fourth-order valence-electron chi connectivity index (χ4n) is 0. The molecule has 0 bridgehead atoms. The average Bonchev–Trinajstić information content (AvgIpc) is 1.12. The molecule has 0 saturated carbocycles. The van der Waals surface area contributed by atoms with E-state index in [1.807, 2.05) is 0 Å². The first kappa shape index (κ1) is 23.4. The Bertz CT molecular complexity index is 211. The summed E-state index contributed by atoms with van der Waals surface area (Å²) in [5.41, 5.74) is 0. The van der Waals surface area contributed by atoms with E-state index >= 15 is 0 Å². The van der Waals surface area contributed by atoms with Crippen LogP contribution in [0.1, 0.15) is 0 Å². The van der Waals surface area contributed by atoms with E-state index in [1.54, 1.807) is 0 Å². The molecule has 12 heteroatoms. The molecule has 0 fully saturated rings. The predicted molar refractivity (Wildman–Crippen MR) is 20.9 cm³/mol. The van der Waals surface area contributed by atoms with E-state index in [2.05, 4.69) is 0 Å². The van der Waals surface area contributed by atoms with Gasteiger partial charge in [-0.15, -0.1) is 0 Å². The van der Waals surface area contributed by atoms with Gasteiger partial charge in [0, 0.05) is 20.8 Å². The van der Waals surface area contributed by atoms with Gasteiger partial charge in [0.2, 0.25) is 0 Å². The molecule has 0 aromatic heterocycles. The Morgan fingerprint density at radius 2 is 0.583 bits per heavy atom. The van der Waals surface area contributed by atoms with Crippen LogP contribution in [0.25, 0.3) is 0 Å². The molecule has 0 radical (unpaired) electrons. The van der Waals surface area contributed by atoms with Gasteiger partial charge in [-0.05, 0) is 0 Å². The van der Waals surface area contributed by atoms with Gasteiger partial charge in [-0.2, -0.15) is 0 Å². The molecule has 0 rings (SSSR count). The number of hydrogen-bond acceptors (Lipinski definition) is 8. The first-order chi connectivity index (χ1) is 4.00. The Kier molecular flexibility index (Phi) is 17.7. The Morgan fingerprint density at radius 3 is 0.583 bits per heavy atom. The number of hydrogen-bond donors (Lipinski definition) is 0. The zero-order valence-corrected chi connectivity index (χ0v) is 11.6. The maximum Gasteiger partial charge on any atom is 4.00 e. The van der Waals surface area contributed by atoms with Crippen LogP contribution in [0.2, 0.25) is 0 Å². The summed E-state index contributed by atoms with van der Waals surface area (Å²) in [7, 11) is -10.3. The van der Waals surface area contributed by atoms with Crippen molar-refractivity contribution in [2.24, 2.45) is 0 Å². The topological polar surface area (TPSA) is 161 Å². The minimum atomic E-state index is -5.17. The van der Waals surface area contributed by atoms with E-state index < -0.39 is 20.8 Å². The molecule has 0 atom stereocenters. The van der Waals surface area contributed by atoms with E-state index in [1.165, 1.54) is 0 Å². The minimum absolute atomic E-state index is 0. The van der Waals surface area contributed by atoms with Crippen molar-refractivity contribution >= 4 is 20.8 Å². The predicted octanol–water partition coefficient (Wildman–Crippen LogP) is -2.68. The summed E-state index contributed by atoms with van der Waals surface area (Å²) in [4.78, 5) is 0. The van der Waals surface area contributed by atoms with E-state index in [9.17, 15) is 0 Å². The van der Waals surface area contributed by atoms with Crippen molar-refractivity contribution in [2.45, 2.75) is 0 Å². The third-order valence-electron chi connectivity index (χ3n) is 0. The van der Waals surface area contributed by atoms with Crippen LogP contribution in [0.5, 0.6) is 0 Å². The molecule has 12 heavy (non-hydrogen) atoms. The van der Waals surface area contributed by atoms with E-state index in [4.69, 9.17) is 35.0 Å². The summed E-state index contributed by atoms with van der Waals surface area (Å²) in [6.07, 6.45) is 0. The molecule has 64 valence electrons. The largest absolute Gasteiger partial charge is 4.00 e. The molecule has 0 N–H and O–H groups in total.